The van der Waals surface area contributed by atoms with Crippen LogP contribution < -0.4 is 0 Å². The Kier molecular flexibility index (Phi) is 3.96. The van der Waals surface area contributed by atoms with Crippen molar-refractivity contribution in [1.82, 2.24) is 4.90 Å². The van der Waals surface area contributed by atoms with Crippen molar-refractivity contribution in [3.8, 4) is 0 Å². The number of nitrogens with zero attached hydrogens (tertiary/aromatic N) is 1. The maximum Gasteiger partial charge on any atom is 0.343 e. The van der Waals surface area contributed by atoms with Crippen LogP contribution in [0, 0.1) is 11.8 Å². The van der Waals surface area contributed by atoms with E-state index in [9.17, 15) is 33.5 Å². The molecule has 10 heteroatoms. The number of piperidine rings is 1. The highest BCUT2D eigenvalue weighted by atomic mass is 31.2. The number of hydrogen-bond acceptors (Lipinski definition) is 3. The van der Waals surface area contributed by atoms with E-state index >= 15 is 0 Å². The van der Waals surface area contributed by atoms with Crippen LogP contribution in [0.5, 0.6) is 0 Å². The fraction of sp³-hybridized carbons (Fsp3) is 0.900. The molecule has 4 N–H and O–H groups in total. The van der Waals surface area contributed by atoms with Crippen molar-refractivity contribution in [2.75, 3.05) is 13.1 Å². The Morgan fingerprint density at radius 1 is 1.10 bits per heavy atom. The van der Waals surface area contributed by atoms with Gasteiger partial charge in [-0.2, -0.15) is 0 Å². The highest BCUT2D eigenvalue weighted by Gasteiger charge is 2.66. The highest BCUT2D eigenvalue weighted by Crippen LogP contribution is 2.76. The Bertz CT molecular complexity index is 488. The van der Waals surface area contributed by atoms with Crippen LogP contribution in [0.25, 0.3) is 0 Å². The van der Waals surface area contributed by atoms with Gasteiger partial charge in [-0.15, -0.1) is 0 Å². The summed E-state index contributed by atoms with van der Waals surface area (Å²) >= 11 is 0. The molecule has 2 rings (SSSR count). The summed E-state index contributed by atoms with van der Waals surface area (Å²) in [5.74, 6) is -0.563. The van der Waals surface area contributed by atoms with Gasteiger partial charge in [0.1, 0.15) is 0 Å². The molecule has 2 aliphatic rings. The summed E-state index contributed by atoms with van der Waals surface area (Å²) in [6.45, 7) is 2.19. The average molecular weight is 327 g/mol. The molecule has 1 amide bonds. The zero-order valence-electron chi connectivity index (χ0n) is 11.0. The predicted octanol–water partition coefficient (Wildman–Crippen LogP) is 0.316. The molecule has 0 aromatic heterocycles. The number of likely N-dealkylation sites (tertiary alicyclic amines) is 1. The van der Waals surface area contributed by atoms with Crippen LogP contribution >= 0.6 is 15.2 Å². The Labute approximate surface area is 116 Å². The monoisotopic (exact) mass is 327 g/mol. The second-order valence-corrected chi connectivity index (χ2v) is 9.99. The number of carbonyl (C=O) groups is 1. The zero-order chi connectivity index (χ0) is 15.3. The van der Waals surface area contributed by atoms with Gasteiger partial charge in [-0.05, 0) is 31.1 Å². The molecule has 1 aliphatic carbocycles. The predicted molar refractivity (Wildman–Crippen MR) is 69.9 cm³/mol. The molecule has 1 saturated carbocycles. The molecule has 116 valence electrons. The standard InChI is InChI=1S/C10H19NO7P2/c1-7(12)11-3-2-8-4-10(19(13,14)15,20(16,17)18)5-9(8)6-11/h8-9H,2-6H2,1H3,(H2,13,14,15)(H2,16,17,18). The molecule has 1 heterocycles. The van der Waals surface area contributed by atoms with Crippen molar-refractivity contribution in [2.24, 2.45) is 11.8 Å². The van der Waals surface area contributed by atoms with E-state index in [1.807, 2.05) is 0 Å². The van der Waals surface area contributed by atoms with E-state index in [0.29, 0.717) is 19.5 Å². The molecule has 0 spiro atoms. The number of fused-ring (bicyclic) bond motifs is 1. The largest absolute Gasteiger partial charge is 0.343 e. The van der Waals surface area contributed by atoms with Gasteiger partial charge in [0.25, 0.3) is 0 Å². The van der Waals surface area contributed by atoms with Gasteiger partial charge in [-0.3, -0.25) is 13.9 Å². The van der Waals surface area contributed by atoms with Gasteiger partial charge >= 0.3 is 15.2 Å². The fourth-order valence-electron chi connectivity index (χ4n) is 3.44. The van der Waals surface area contributed by atoms with E-state index in [0.717, 1.165) is 0 Å². The summed E-state index contributed by atoms with van der Waals surface area (Å²) in [4.78, 5) is 48.5. The maximum absolute atomic E-state index is 11.7. The molecule has 0 radical (unpaired) electrons. The third-order valence-corrected chi connectivity index (χ3v) is 9.06. The number of hydrogen-bond donors (Lipinski definition) is 4. The molecule has 20 heavy (non-hydrogen) atoms. The first-order chi connectivity index (χ1) is 8.98. The minimum atomic E-state index is -4.95. The van der Waals surface area contributed by atoms with Crippen LogP contribution in [0.15, 0.2) is 0 Å². The molecule has 2 atom stereocenters. The van der Waals surface area contributed by atoms with Gasteiger partial charge in [0, 0.05) is 20.0 Å². The Morgan fingerprint density at radius 2 is 1.60 bits per heavy atom. The molecule has 0 bridgehead atoms. The summed E-state index contributed by atoms with van der Waals surface area (Å²) in [6, 6.07) is 0. The lowest BCUT2D eigenvalue weighted by molar-refractivity contribution is -0.131. The van der Waals surface area contributed by atoms with E-state index in [4.69, 9.17) is 0 Å². The van der Waals surface area contributed by atoms with Gasteiger partial charge in [0.15, 0.2) is 4.90 Å². The molecule has 0 aromatic rings. The quantitative estimate of drug-likeness (QED) is 0.536. The Hall–Kier alpha value is -0.230. The summed E-state index contributed by atoms with van der Waals surface area (Å²) in [5, 5.41) is 0. The smallest absolute Gasteiger partial charge is 0.343 e. The zero-order valence-corrected chi connectivity index (χ0v) is 12.8. The normalized spacial score (nSPS) is 30.1. The van der Waals surface area contributed by atoms with Crippen LogP contribution in [0.2, 0.25) is 0 Å². The fourth-order valence-corrected chi connectivity index (χ4v) is 6.68. The molecule has 1 aliphatic heterocycles. The first-order valence-corrected chi connectivity index (χ1v) is 9.57. The lowest BCUT2D eigenvalue weighted by atomic mass is 9.89. The first-order valence-electron chi connectivity index (χ1n) is 6.35. The summed E-state index contributed by atoms with van der Waals surface area (Å²) in [7, 11) is -9.90. The number of carbonyl (C=O) groups excluding carboxylic acids is 1. The number of rotatable bonds is 2. The highest BCUT2D eigenvalue weighted by molar-refractivity contribution is 7.72. The third kappa shape index (κ3) is 2.49. The molecule has 8 nitrogen and oxygen atoms in total. The lowest BCUT2D eigenvalue weighted by Gasteiger charge is -2.34. The van der Waals surface area contributed by atoms with E-state index in [2.05, 4.69) is 0 Å². The number of amides is 1. The first kappa shape index (κ1) is 16.1. The lowest BCUT2D eigenvalue weighted by Crippen LogP contribution is -2.41. The van der Waals surface area contributed by atoms with Gasteiger partial charge in [0.2, 0.25) is 5.91 Å². The summed E-state index contributed by atoms with van der Waals surface area (Å²) in [6.07, 6.45) is 0.0972. The van der Waals surface area contributed by atoms with Gasteiger partial charge in [-0.1, -0.05) is 0 Å². The van der Waals surface area contributed by atoms with Gasteiger partial charge in [-0.25, -0.2) is 0 Å². The molecular weight excluding hydrogens is 308 g/mol. The van der Waals surface area contributed by atoms with Crippen molar-refractivity contribution in [3.63, 3.8) is 0 Å². The minimum Gasteiger partial charge on any atom is -0.343 e. The van der Waals surface area contributed by atoms with Crippen molar-refractivity contribution >= 4 is 21.1 Å². The van der Waals surface area contributed by atoms with Crippen LogP contribution in [-0.2, 0) is 13.9 Å². The molecule has 2 fully saturated rings. The van der Waals surface area contributed by atoms with Crippen molar-refractivity contribution < 1.29 is 33.5 Å². The van der Waals surface area contributed by atoms with Gasteiger partial charge in [0.05, 0.1) is 0 Å². The van der Waals surface area contributed by atoms with Crippen molar-refractivity contribution in [1.29, 1.82) is 0 Å². The van der Waals surface area contributed by atoms with E-state index in [-0.39, 0.29) is 30.6 Å². The Balaban J connectivity index is 2.32. The maximum atomic E-state index is 11.7. The summed E-state index contributed by atoms with van der Waals surface area (Å²) in [5.41, 5.74) is 0. The Morgan fingerprint density at radius 3 is 2.05 bits per heavy atom. The van der Waals surface area contributed by atoms with Crippen LogP contribution in [-0.4, -0.2) is 48.4 Å². The molecule has 2 unspecified atom stereocenters. The minimum absolute atomic E-state index is 0.131. The SMILES string of the molecule is CC(=O)N1CCC2CC(P(=O)(O)O)(P(=O)(O)O)CC2C1. The second kappa shape index (κ2) is 4.90. The van der Waals surface area contributed by atoms with Crippen molar-refractivity contribution in [3.05, 3.63) is 0 Å². The molecule has 1 saturated heterocycles. The van der Waals surface area contributed by atoms with E-state index in [1.165, 1.54) is 6.92 Å². The van der Waals surface area contributed by atoms with E-state index < -0.39 is 20.1 Å². The molecular formula is C10H19NO7P2. The summed E-state index contributed by atoms with van der Waals surface area (Å²) < 4.78 is 23.4. The topological polar surface area (TPSA) is 135 Å². The van der Waals surface area contributed by atoms with Crippen molar-refractivity contribution in [2.45, 2.75) is 31.1 Å². The van der Waals surface area contributed by atoms with Crippen LogP contribution in [0.1, 0.15) is 26.2 Å². The third-order valence-electron chi connectivity index (χ3n) is 4.60. The van der Waals surface area contributed by atoms with Crippen LogP contribution in [0.4, 0.5) is 0 Å². The average Bonchev–Trinajstić information content (AvgIpc) is 2.66. The molecule has 0 aromatic carbocycles. The van der Waals surface area contributed by atoms with Crippen LogP contribution in [0.3, 0.4) is 0 Å². The van der Waals surface area contributed by atoms with Gasteiger partial charge < -0.3 is 24.5 Å². The van der Waals surface area contributed by atoms with E-state index in [1.54, 1.807) is 4.90 Å². The second-order valence-electron chi connectivity index (χ2n) is 5.75.